The van der Waals surface area contributed by atoms with Crippen LogP contribution in [0.5, 0.6) is 0 Å². The summed E-state index contributed by atoms with van der Waals surface area (Å²) >= 11 is 11.6. The van der Waals surface area contributed by atoms with Gasteiger partial charge in [0.05, 0.1) is 16.2 Å². The molecule has 0 aliphatic rings. The molecule has 0 fully saturated rings. The molecule has 0 aliphatic heterocycles. The third-order valence-corrected chi connectivity index (χ3v) is 2.34. The van der Waals surface area contributed by atoms with Crippen LogP contribution in [0.25, 0.3) is 5.82 Å². The Bertz CT molecular complexity index is 553. The number of hydrogen-bond donors (Lipinski definition) is 1. The lowest BCUT2D eigenvalue weighted by atomic mass is 10.4. The molecule has 0 saturated carbocycles. The van der Waals surface area contributed by atoms with E-state index in [0.29, 0.717) is 5.02 Å². The summed E-state index contributed by atoms with van der Waals surface area (Å²) < 4.78 is 1.14. The maximum absolute atomic E-state index is 10.9. The Morgan fingerprint density at radius 3 is 2.81 bits per heavy atom. The fourth-order valence-corrected chi connectivity index (χ4v) is 1.66. The summed E-state index contributed by atoms with van der Waals surface area (Å²) in [5, 5.41) is 13.4. The van der Waals surface area contributed by atoms with E-state index in [1.54, 1.807) is 0 Å². The molecule has 0 aromatic carbocycles. The number of carbonyl (C=O) groups is 1. The van der Waals surface area contributed by atoms with Crippen molar-refractivity contribution in [3.8, 4) is 5.82 Å². The molecule has 0 aliphatic carbocycles. The Morgan fingerprint density at radius 1 is 1.44 bits per heavy atom. The summed E-state index contributed by atoms with van der Waals surface area (Å²) in [7, 11) is 0. The molecule has 0 amide bonds. The average Bonchev–Trinajstić information content (AvgIpc) is 2.66. The zero-order chi connectivity index (χ0) is 11.7. The van der Waals surface area contributed by atoms with E-state index in [0.717, 1.165) is 4.68 Å². The van der Waals surface area contributed by atoms with Gasteiger partial charge < -0.3 is 5.11 Å². The van der Waals surface area contributed by atoms with Crippen molar-refractivity contribution < 1.29 is 9.90 Å². The van der Waals surface area contributed by atoms with E-state index in [-0.39, 0.29) is 16.5 Å². The minimum Gasteiger partial charge on any atom is -0.477 e. The van der Waals surface area contributed by atoms with Crippen molar-refractivity contribution in [3.05, 3.63) is 40.3 Å². The molecule has 1 N–H and O–H groups in total. The second kappa shape index (κ2) is 4.11. The summed E-state index contributed by atoms with van der Waals surface area (Å²) in [6.07, 6.45) is 2.73. The van der Waals surface area contributed by atoms with Crippen molar-refractivity contribution in [1.82, 2.24) is 14.8 Å². The molecule has 0 radical (unpaired) electrons. The van der Waals surface area contributed by atoms with Gasteiger partial charge in [-0.25, -0.2) is 14.5 Å². The van der Waals surface area contributed by atoms with Gasteiger partial charge in [0.1, 0.15) is 0 Å². The Balaban J connectivity index is 2.59. The van der Waals surface area contributed by atoms with Gasteiger partial charge in [-0.1, -0.05) is 23.2 Å². The third kappa shape index (κ3) is 1.87. The van der Waals surface area contributed by atoms with E-state index in [2.05, 4.69) is 10.1 Å². The highest BCUT2D eigenvalue weighted by Crippen LogP contribution is 2.22. The number of rotatable bonds is 2. The first-order valence-corrected chi connectivity index (χ1v) is 4.94. The SMILES string of the molecule is O=C(O)c1ccnn1-c1ncc(Cl)cc1Cl. The van der Waals surface area contributed by atoms with E-state index >= 15 is 0 Å². The first-order chi connectivity index (χ1) is 7.59. The predicted octanol–water partition coefficient (Wildman–Crippen LogP) is 2.27. The summed E-state index contributed by atoms with van der Waals surface area (Å²) in [6, 6.07) is 2.83. The fourth-order valence-electron chi connectivity index (χ4n) is 1.20. The minimum atomic E-state index is -1.11. The van der Waals surface area contributed by atoms with E-state index in [4.69, 9.17) is 28.3 Å². The normalized spacial score (nSPS) is 10.4. The van der Waals surface area contributed by atoms with Gasteiger partial charge in [-0.3, -0.25) is 0 Å². The van der Waals surface area contributed by atoms with E-state index in [1.165, 1.54) is 24.5 Å². The van der Waals surface area contributed by atoms with Gasteiger partial charge in [0.15, 0.2) is 11.5 Å². The van der Waals surface area contributed by atoms with Crippen LogP contribution in [-0.2, 0) is 0 Å². The number of halogens is 2. The number of aromatic nitrogens is 3. The maximum Gasteiger partial charge on any atom is 0.354 e. The number of carboxylic acid groups (broad SMARTS) is 1. The fraction of sp³-hybridized carbons (Fsp3) is 0. The van der Waals surface area contributed by atoms with Gasteiger partial charge >= 0.3 is 5.97 Å². The van der Waals surface area contributed by atoms with Crippen molar-refractivity contribution in [3.63, 3.8) is 0 Å². The van der Waals surface area contributed by atoms with Crippen LogP contribution in [0.4, 0.5) is 0 Å². The molecular weight excluding hydrogens is 253 g/mol. The van der Waals surface area contributed by atoms with E-state index in [9.17, 15) is 4.79 Å². The highest BCUT2D eigenvalue weighted by Gasteiger charge is 2.15. The molecule has 0 saturated heterocycles. The molecule has 16 heavy (non-hydrogen) atoms. The summed E-state index contributed by atoms with van der Waals surface area (Å²) in [4.78, 5) is 14.8. The first-order valence-electron chi connectivity index (χ1n) is 4.18. The largest absolute Gasteiger partial charge is 0.477 e. The van der Waals surface area contributed by atoms with Crippen LogP contribution in [0.2, 0.25) is 10.0 Å². The average molecular weight is 258 g/mol. The number of aromatic carboxylic acids is 1. The standard InChI is InChI=1S/C9H5Cl2N3O2/c10-5-3-6(11)8(12-4-5)14-7(9(15)16)1-2-13-14/h1-4H,(H,15,16). The van der Waals surface area contributed by atoms with Crippen molar-refractivity contribution in [2.45, 2.75) is 0 Å². The third-order valence-electron chi connectivity index (χ3n) is 1.85. The van der Waals surface area contributed by atoms with Crippen molar-refractivity contribution >= 4 is 29.2 Å². The summed E-state index contributed by atoms with van der Waals surface area (Å²) in [5.74, 6) is -0.876. The van der Waals surface area contributed by atoms with Crippen LogP contribution in [-0.4, -0.2) is 25.8 Å². The Hall–Kier alpha value is -1.59. The van der Waals surface area contributed by atoms with Gasteiger partial charge in [0.2, 0.25) is 0 Å². The van der Waals surface area contributed by atoms with Gasteiger partial charge in [0, 0.05) is 6.20 Å². The zero-order valence-electron chi connectivity index (χ0n) is 7.76. The summed E-state index contributed by atoms with van der Waals surface area (Å²) in [5.41, 5.74) is -0.0169. The lowest BCUT2D eigenvalue weighted by Crippen LogP contribution is -2.09. The highest BCUT2D eigenvalue weighted by atomic mass is 35.5. The Morgan fingerprint density at radius 2 is 2.19 bits per heavy atom. The number of nitrogens with zero attached hydrogens (tertiary/aromatic N) is 3. The molecule has 0 atom stereocenters. The molecule has 0 unspecified atom stereocenters. The molecule has 7 heteroatoms. The van der Waals surface area contributed by atoms with Crippen LogP contribution in [0.15, 0.2) is 24.5 Å². The molecule has 2 rings (SSSR count). The minimum absolute atomic E-state index is 0.0169. The molecule has 0 spiro atoms. The van der Waals surface area contributed by atoms with Crippen LogP contribution >= 0.6 is 23.2 Å². The molecule has 0 bridgehead atoms. The van der Waals surface area contributed by atoms with Crippen molar-refractivity contribution in [1.29, 1.82) is 0 Å². The first kappa shape index (κ1) is 10.9. The van der Waals surface area contributed by atoms with Crippen molar-refractivity contribution in [2.24, 2.45) is 0 Å². The smallest absolute Gasteiger partial charge is 0.354 e. The van der Waals surface area contributed by atoms with Crippen molar-refractivity contribution in [2.75, 3.05) is 0 Å². The van der Waals surface area contributed by atoms with Gasteiger partial charge in [-0.2, -0.15) is 5.10 Å². The second-order valence-corrected chi connectivity index (χ2v) is 3.74. The highest BCUT2D eigenvalue weighted by molar-refractivity contribution is 6.35. The number of hydrogen-bond acceptors (Lipinski definition) is 3. The van der Waals surface area contributed by atoms with Gasteiger partial charge in [-0.05, 0) is 12.1 Å². The Labute approximate surface area is 100 Å². The van der Waals surface area contributed by atoms with Crippen LogP contribution in [0.1, 0.15) is 10.5 Å². The van der Waals surface area contributed by atoms with E-state index in [1.807, 2.05) is 0 Å². The number of pyridine rings is 1. The maximum atomic E-state index is 10.9. The topological polar surface area (TPSA) is 68.0 Å². The number of carboxylic acids is 1. The van der Waals surface area contributed by atoms with Gasteiger partial charge in [-0.15, -0.1) is 0 Å². The molecule has 82 valence electrons. The second-order valence-electron chi connectivity index (χ2n) is 2.89. The molecular formula is C9H5Cl2N3O2. The van der Waals surface area contributed by atoms with Crippen LogP contribution in [0, 0.1) is 0 Å². The quantitative estimate of drug-likeness (QED) is 0.897. The Kier molecular flexibility index (Phi) is 2.80. The monoisotopic (exact) mass is 257 g/mol. The zero-order valence-corrected chi connectivity index (χ0v) is 9.27. The molecule has 5 nitrogen and oxygen atoms in total. The van der Waals surface area contributed by atoms with Crippen LogP contribution in [0.3, 0.4) is 0 Å². The lowest BCUT2D eigenvalue weighted by molar-refractivity contribution is 0.0687. The summed E-state index contributed by atoms with van der Waals surface area (Å²) in [6.45, 7) is 0. The molecule has 2 aromatic heterocycles. The molecule has 2 heterocycles. The van der Waals surface area contributed by atoms with Gasteiger partial charge in [0.25, 0.3) is 0 Å². The lowest BCUT2D eigenvalue weighted by Gasteiger charge is -2.05. The van der Waals surface area contributed by atoms with E-state index < -0.39 is 5.97 Å². The predicted molar refractivity (Wildman–Crippen MR) is 58.3 cm³/mol. The molecule has 2 aromatic rings. The van der Waals surface area contributed by atoms with Crippen LogP contribution < -0.4 is 0 Å².